The second kappa shape index (κ2) is 6.38. The van der Waals surface area contributed by atoms with E-state index in [9.17, 15) is 14.0 Å². The van der Waals surface area contributed by atoms with Crippen LogP contribution in [0.1, 0.15) is 13.8 Å². The van der Waals surface area contributed by atoms with E-state index < -0.39 is 29.8 Å². The summed E-state index contributed by atoms with van der Waals surface area (Å²) < 4.78 is 13.4. The van der Waals surface area contributed by atoms with Crippen molar-refractivity contribution in [1.29, 1.82) is 0 Å². The van der Waals surface area contributed by atoms with Crippen molar-refractivity contribution in [2.24, 2.45) is 5.92 Å². The lowest BCUT2D eigenvalue weighted by atomic mass is 10.0. The molecule has 0 saturated carbocycles. The molecule has 0 heterocycles. The first-order valence-corrected chi connectivity index (χ1v) is 5.94. The molecule has 5 nitrogen and oxygen atoms in total. The number of carbonyl (C=O) groups is 2. The van der Waals surface area contributed by atoms with E-state index in [4.69, 9.17) is 16.7 Å². The average molecular weight is 289 g/mol. The fourth-order valence-electron chi connectivity index (χ4n) is 1.30. The highest BCUT2D eigenvalue weighted by Crippen LogP contribution is 2.19. The molecule has 19 heavy (non-hydrogen) atoms. The van der Waals surface area contributed by atoms with Crippen LogP contribution in [0, 0.1) is 11.7 Å². The molecule has 104 valence electrons. The molecule has 0 fully saturated rings. The van der Waals surface area contributed by atoms with Crippen LogP contribution in [-0.2, 0) is 4.79 Å². The van der Waals surface area contributed by atoms with Crippen LogP contribution in [-0.4, -0.2) is 23.1 Å². The summed E-state index contributed by atoms with van der Waals surface area (Å²) in [5, 5.41) is 13.8. The van der Waals surface area contributed by atoms with E-state index in [0.29, 0.717) is 0 Å². The van der Waals surface area contributed by atoms with Crippen LogP contribution in [0.4, 0.5) is 14.9 Å². The first kappa shape index (κ1) is 15.2. The van der Waals surface area contributed by atoms with Gasteiger partial charge in [-0.3, -0.25) is 4.79 Å². The zero-order valence-corrected chi connectivity index (χ0v) is 11.2. The maximum absolute atomic E-state index is 13.4. The molecule has 2 amide bonds. The number of carboxylic acid groups (broad SMARTS) is 1. The second-order valence-electron chi connectivity index (χ2n) is 4.14. The summed E-state index contributed by atoms with van der Waals surface area (Å²) in [5.74, 6) is -2.41. The first-order valence-electron chi connectivity index (χ1n) is 5.56. The van der Waals surface area contributed by atoms with Gasteiger partial charge in [-0.2, -0.15) is 0 Å². The van der Waals surface area contributed by atoms with Crippen LogP contribution in [0.5, 0.6) is 0 Å². The lowest BCUT2D eigenvalue weighted by Crippen LogP contribution is -2.42. The van der Waals surface area contributed by atoms with Gasteiger partial charge in [0.15, 0.2) is 0 Å². The van der Waals surface area contributed by atoms with Crippen molar-refractivity contribution >= 4 is 29.3 Å². The van der Waals surface area contributed by atoms with Gasteiger partial charge in [-0.25, -0.2) is 9.18 Å². The number of halogens is 2. The van der Waals surface area contributed by atoms with Crippen LogP contribution in [0.3, 0.4) is 0 Å². The Morgan fingerprint density at radius 3 is 2.58 bits per heavy atom. The van der Waals surface area contributed by atoms with Gasteiger partial charge in [0, 0.05) is 11.1 Å². The van der Waals surface area contributed by atoms with E-state index >= 15 is 0 Å². The van der Waals surface area contributed by atoms with E-state index in [1.165, 1.54) is 19.1 Å². The monoisotopic (exact) mass is 288 g/mol. The minimum Gasteiger partial charge on any atom is -0.481 e. The molecule has 0 aliphatic carbocycles. The molecule has 1 aromatic carbocycles. The zero-order valence-electron chi connectivity index (χ0n) is 10.4. The van der Waals surface area contributed by atoms with E-state index in [1.54, 1.807) is 6.92 Å². The molecule has 0 aliphatic heterocycles. The van der Waals surface area contributed by atoms with Crippen molar-refractivity contribution in [3.63, 3.8) is 0 Å². The van der Waals surface area contributed by atoms with Gasteiger partial charge in [0.1, 0.15) is 5.82 Å². The van der Waals surface area contributed by atoms with Crippen molar-refractivity contribution in [1.82, 2.24) is 5.32 Å². The van der Waals surface area contributed by atoms with Crippen molar-refractivity contribution in [3.8, 4) is 0 Å². The van der Waals surface area contributed by atoms with Crippen LogP contribution in [0.25, 0.3) is 0 Å². The highest BCUT2D eigenvalue weighted by Gasteiger charge is 2.21. The summed E-state index contributed by atoms with van der Waals surface area (Å²) in [6.45, 7) is 3.01. The summed E-state index contributed by atoms with van der Waals surface area (Å²) in [7, 11) is 0. The Labute approximate surface area is 114 Å². The Morgan fingerprint density at radius 1 is 1.37 bits per heavy atom. The van der Waals surface area contributed by atoms with E-state index in [0.717, 1.165) is 6.07 Å². The minimum absolute atomic E-state index is 0.0693. The summed E-state index contributed by atoms with van der Waals surface area (Å²) in [4.78, 5) is 22.3. The predicted molar refractivity (Wildman–Crippen MR) is 69.8 cm³/mol. The molecule has 3 N–H and O–H groups in total. The molecule has 2 atom stereocenters. The maximum atomic E-state index is 13.4. The Morgan fingerprint density at radius 2 is 2.00 bits per heavy atom. The maximum Gasteiger partial charge on any atom is 0.319 e. The molecular formula is C12H14ClFN2O3. The third kappa shape index (κ3) is 4.40. The van der Waals surface area contributed by atoms with Gasteiger partial charge in [0.2, 0.25) is 0 Å². The topological polar surface area (TPSA) is 78.4 Å². The number of carbonyl (C=O) groups excluding carboxylic acids is 1. The lowest BCUT2D eigenvalue weighted by molar-refractivity contribution is -0.141. The first-order chi connectivity index (χ1) is 8.81. The van der Waals surface area contributed by atoms with Crippen molar-refractivity contribution in [2.75, 3.05) is 5.32 Å². The highest BCUT2D eigenvalue weighted by molar-refractivity contribution is 6.30. The molecular weight excluding hydrogens is 275 g/mol. The standard InChI is InChI=1S/C12H14ClFN2O3/c1-6(11(17)18)7(2)15-12(19)16-10-5-8(13)3-4-9(10)14/h3-7H,1-2H3,(H,17,18)(H2,15,16,19). The third-order valence-corrected chi connectivity index (χ3v) is 2.91. The van der Waals surface area contributed by atoms with Crippen LogP contribution >= 0.6 is 11.6 Å². The Balaban J connectivity index is 2.65. The Hall–Kier alpha value is -1.82. The van der Waals surface area contributed by atoms with E-state index in [2.05, 4.69) is 10.6 Å². The number of hydrogen-bond acceptors (Lipinski definition) is 2. The fraction of sp³-hybridized carbons (Fsp3) is 0.333. The van der Waals surface area contributed by atoms with Gasteiger partial charge in [-0.15, -0.1) is 0 Å². The number of aliphatic carboxylic acids is 1. The Kier molecular flexibility index (Phi) is 5.11. The molecule has 2 unspecified atom stereocenters. The SMILES string of the molecule is CC(NC(=O)Nc1cc(Cl)ccc1F)C(C)C(=O)O. The number of carboxylic acids is 1. The number of nitrogens with one attached hydrogen (secondary N) is 2. The van der Waals surface area contributed by atoms with Crippen LogP contribution < -0.4 is 10.6 Å². The second-order valence-corrected chi connectivity index (χ2v) is 4.57. The predicted octanol–water partition coefficient (Wildman–Crippen LogP) is 2.71. The number of hydrogen-bond donors (Lipinski definition) is 3. The summed E-state index contributed by atoms with van der Waals surface area (Å²) >= 11 is 5.68. The van der Waals surface area contributed by atoms with Crippen molar-refractivity contribution in [2.45, 2.75) is 19.9 Å². The largest absolute Gasteiger partial charge is 0.481 e. The molecule has 1 aromatic rings. The molecule has 7 heteroatoms. The number of amides is 2. The summed E-state index contributed by atoms with van der Waals surface area (Å²) in [5.41, 5.74) is -0.0693. The normalized spacial score (nSPS) is 13.5. The molecule has 0 saturated heterocycles. The van der Waals surface area contributed by atoms with Crippen molar-refractivity contribution < 1.29 is 19.1 Å². The van der Waals surface area contributed by atoms with Crippen LogP contribution in [0.15, 0.2) is 18.2 Å². The molecule has 0 spiro atoms. The number of benzene rings is 1. The van der Waals surface area contributed by atoms with Crippen molar-refractivity contribution in [3.05, 3.63) is 29.0 Å². The molecule has 0 bridgehead atoms. The van der Waals surface area contributed by atoms with Gasteiger partial charge in [-0.05, 0) is 32.0 Å². The highest BCUT2D eigenvalue weighted by atomic mass is 35.5. The minimum atomic E-state index is -1.03. The molecule has 0 aliphatic rings. The molecule has 0 radical (unpaired) electrons. The molecule has 0 aromatic heterocycles. The van der Waals surface area contributed by atoms with E-state index in [-0.39, 0.29) is 10.7 Å². The Bertz CT molecular complexity index is 496. The summed E-state index contributed by atoms with van der Waals surface area (Å²) in [6, 6.07) is 2.46. The van der Waals surface area contributed by atoms with E-state index in [1.807, 2.05) is 0 Å². The lowest BCUT2D eigenvalue weighted by Gasteiger charge is -2.18. The average Bonchev–Trinajstić information content (AvgIpc) is 2.32. The van der Waals surface area contributed by atoms with Gasteiger partial charge in [-0.1, -0.05) is 11.6 Å². The molecule has 1 rings (SSSR count). The number of anilines is 1. The van der Waals surface area contributed by atoms with Crippen LogP contribution in [0.2, 0.25) is 5.02 Å². The van der Waals surface area contributed by atoms with Gasteiger partial charge in [0.25, 0.3) is 0 Å². The number of rotatable bonds is 4. The smallest absolute Gasteiger partial charge is 0.319 e. The fourth-order valence-corrected chi connectivity index (χ4v) is 1.47. The van der Waals surface area contributed by atoms with Gasteiger partial charge < -0.3 is 15.7 Å². The zero-order chi connectivity index (χ0) is 14.6. The third-order valence-electron chi connectivity index (χ3n) is 2.67. The summed E-state index contributed by atoms with van der Waals surface area (Å²) in [6.07, 6.45) is 0. The van der Waals surface area contributed by atoms with Gasteiger partial charge >= 0.3 is 12.0 Å². The number of urea groups is 1. The quantitative estimate of drug-likeness (QED) is 0.797. The van der Waals surface area contributed by atoms with Gasteiger partial charge in [0.05, 0.1) is 11.6 Å².